The van der Waals surface area contributed by atoms with Crippen molar-refractivity contribution >= 4 is 11.9 Å². The number of methoxy groups -OCH3 is 1. The summed E-state index contributed by atoms with van der Waals surface area (Å²) in [6, 6.07) is 18.8. The van der Waals surface area contributed by atoms with Crippen LogP contribution in [0.1, 0.15) is 24.1 Å². The lowest BCUT2D eigenvalue weighted by molar-refractivity contribution is -0.158. The molecule has 1 aliphatic rings. The topological polar surface area (TPSA) is 47.9 Å². The first-order valence-electron chi connectivity index (χ1n) is 7.11. The fourth-order valence-corrected chi connectivity index (χ4v) is 2.62. The molecule has 1 aliphatic heterocycles. The molecular weight excluding hydrogens is 278 g/mol. The van der Waals surface area contributed by atoms with Crippen LogP contribution >= 0.6 is 0 Å². The van der Waals surface area contributed by atoms with E-state index in [-0.39, 0.29) is 0 Å². The van der Waals surface area contributed by atoms with Crippen molar-refractivity contribution in [1.82, 2.24) is 0 Å². The number of rotatable bonds is 3. The summed E-state index contributed by atoms with van der Waals surface area (Å²) in [4.78, 5) is 16.9. The van der Waals surface area contributed by atoms with Crippen LogP contribution in [0.5, 0.6) is 0 Å². The molecular formula is C18H17NO3. The first-order chi connectivity index (χ1) is 10.6. The fourth-order valence-electron chi connectivity index (χ4n) is 2.62. The van der Waals surface area contributed by atoms with Crippen LogP contribution in [0, 0.1) is 0 Å². The van der Waals surface area contributed by atoms with Gasteiger partial charge in [0.25, 0.3) is 0 Å². The van der Waals surface area contributed by atoms with Crippen LogP contribution < -0.4 is 0 Å². The van der Waals surface area contributed by atoms with E-state index in [0.717, 1.165) is 11.1 Å². The van der Waals surface area contributed by atoms with Crippen molar-refractivity contribution in [1.29, 1.82) is 0 Å². The van der Waals surface area contributed by atoms with E-state index in [1.54, 1.807) is 6.92 Å². The average molecular weight is 295 g/mol. The summed E-state index contributed by atoms with van der Waals surface area (Å²) in [7, 11) is 1.36. The van der Waals surface area contributed by atoms with E-state index in [1.165, 1.54) is 7.11 Å². The van der Waals surface area contributed by atoms with Crippen LogP contribution in [0.2, 0.25) is 0 Å². The maximum Gasteiger partial charge on any atom is 0.352 e. The third-order valence-corrected chi connectivity index (χ3v) is 3.80. The fraction of sp³-hybridized carbons (Fsp3) is 0.222. The minimum atomic E-state index is -1.17. The summed E-state index contributed by atoms with van der Waals surface area (Å²) < 4.78 is 10.9. The highest BCUT2D eigenvalue weighted by Crippen LogP contribution is 2.40. The summed E-state index contributed by atoms with van der Waals surface area (Å²) in [6.07, 6.45) is 0. The van der Waals surface area contributed by atoms with Crippen molar-refractivity contribution in [2.75, 3.05) is 7.11 Å². The Bertz CT molecular complexity index is 697. The lowest BCUT2D eigenvalue weighted by Gasteiger charge is -2.26. The molecule has 2 atom stereocenters. The highest BCUT2D eigenvalue weighted by atomic mass is 16.6. The van der Waals surface area contributed by atoms with Crippen molar-refractivity contribution < 1.29 is 14.3 Å². The molecule has 0 radical (unpaired) electrons. The van der Waals surface area contributed by atoms with E-state index >= 15 is 0 Å². The molecule has 0 unspecified atom stereocenters. The highest BCUT2D eigenvalue weighted by molar-refractivity contribution is 5.99. The van der Waals surface area contributed by atoms with Crippen LogP contribution in [-0.4, -0.2) is 24.6 Å². The maximum absolute atomic E-state index is 12.3. The van der Waals surface area contributed by atoms with Gasteiger partial charge < -0.3 is 9.47 Å². The monoisotopic (exact) mass is 295 g/mol. The number of aliphatic imine (C=N–C) groups is 1. The van der Waals surface area contributed by atoms with Gasteiger partial charge in [0.05, 0.1) is 7.11 Å². The zero-order chi connectivity index (χ0) is 15.6. The minimum absolute atomic E-state index is 0.434. The highest BCUT2D eigenvalue weighted by Gasteiger charge is 2.51. The zero-order valence-electron chi connectivity index (χ0n) is 12.5. The Morgan fingerprint density at radius 2 is 1.68 bits per heavy atom. The molecule has 2 aromatic carbocycles. The summed E-state index contributed by atoms with van der Waals surface area (Å²) >= 11 is 0. The van der Waals surface area contributed by atoms with Gasteiger partial charge in [0, 0.05) is 5.56 Å². The summed E-state index contributed by atoms with van der Waals surface area (Å²) in [5, 5.41) is 0. The number of esters is 1. The predicted molar refractivity (Wildman–Crippen MR) is 83.7 cm³/mol. The molecule has 0 N–H and O–H groups in total. The molecule has 0 bridgehead atoms. The molecule has 4 nitrogen and oxygen atoms in total. The summed E-state index contributed by atoms with van der Waals surface area (Å²) in [6.45, 7) is 1.72. The number of hydrogen-bond donors (Lipinski definition) is 0. The van der Waals surface area contributed by atoms with Gasteiger partial charge in [-0.05, 0) is 24.6 Å². The Balaban J connectivity index is 2.05. The summed E-state index contributed by atoms with van der Waals surface area (Å²) in [5.41, 5.74) is 0.596. The number of nitrogens with zero attached hydrogens (tertiary/aromatic N) is 1. The molecule has 0 aliphatic carbocycles. The van der Waals surface area contributed by atoms with Gasteiger partial charge in [-0.2, -0.15) is 0 Å². The van der Waals surface area contributed by atoms with E-state index in [2.05, 4.69) is 4.99 Å². The Kier molecular flexibility index (Phi) is 3.67. The van der Waals surface area contributed by atoms with Gasteiger partial charge in [-0.15, -0.1) is 0 Å². The van der Waals surface area contributed by atoms with Crippen molar-refractivity contribution in [3.8, 4) is 0 Å². The summed E-state index contributed by atoms with van der Waals surface area (Å²) in [5.74, 6) is 0.0263. The van der Waals surface area contributed by atoms with Crippen LogP contribution in [0.4, 0.5) is 0 Å². The molecule has 0 saturated carbocycles. The van der Waals surface area contributed by atoms with E-state index < -0.39 is 17.6 Å². The van der Waals surface area contributed by atoms with Crippen LogP contribution in [0.3, 0.4) is 0 Å². The van der Waals surface area contributed by atoms with Crippen molar-refractivity contribution in [2.24, 2.45) is 4.99 Å². The van der Waals surface area contributed by atoms with Crippen molar-refractivity contribution in [3.63, 3.8) is 0 Å². The molecule has 0 fully saturated rings. The molecule has 1 heterocycles. The van der Waals surface area contributed by atoms with Gasteiger partial charge in [-0.1, -0.05) is 48.5 Å². The molecule has 0 saturated heterocycles. The first-order valence-corrected chi connectivity index (χ1v) is 7.11. The third kappa shape index (κ3) is 2.37. The number of benzene rings is 2. The number of ether oxygens (including phenoxy) is 2. The smallest absolute Gasteiger partial charge is 0.352 e. The van der Waals surface area contributed by atoms with Crippen LogP contribution in [0.25, 0.3) is 0 Å². The van der Waals surface area contributed by atoms with E-state index in [0.29, 0.717) is 5.90 Å². The second kappa shape index (κ2) is 5.64. The normalized spacial score (nSPS) is 23.5. The third-order valence-electron chi connectivity index (χ3n) is 3.80. The maximum atomic E-state index is 12.3. The molecule has 4 heteroatoms. The largest absolute Gasteiger partial charge is 0.466 e. The van der Waals surface area contributed by atoms with Gasteiger partial charge in [0.15, 0.2) is 0 Å². The molecule has 0 amide bonds. The molecule has 0 aromatic heterocycles. The van der Waals surface area contributed by atoms with Gasteiger partial charge in [-0.3, -0.25) is 0 Å². The van der Waals surface area contributed by atoms with Crippen LogP contribution in [0.15, 0.2) is 65.7 Å². The lowest BCUT2D eigenvalue weighted by atomic mass is 9.91. The zero-order valence-corrected chi connectivity index (χ0v) is 12.5. The molecule has 0 spiro atoms. The van der Waals surface area contributed by atoms with Gasteiger partial charge in [0.1, 0.15) is 6.04 Å². The Labute approximate surface area is 129 Å². The molecule has 112 valence electrons. The van der Waals surface area contributed by atoms with E-state index in [9.17, 15) is 4.79 Å². The number of carbonyl (C=O) groups is 1. The number of hydrogen-bond acceptors (Lipinski definition) is 4. The van der Waals surface area contributed by atoms with E-state index in [4.69, 9.17) is 9.47 Å². The standard InChI is InChI=1S/C18H17NO3/c1-18(17(20)21-2)15(13-9-5-3-6-10-13)19-16(22-18)14-11-7-4-8-12-14/h3-12,15H,1-2H3/t15-,18-/m0/s1. The Morgan fingerprint density at radius 1 is 1.09 bits per heavy atom. The Morgan fingerprint density at radius 3 is 2.27 bits per heavy atom. The quantitative estimate of drug-likeness (QED) is 0.817. The minimum Gasteiger partial charge on any atom is -0.466 e. The molecule has 22 heavy (non-hydrogen) atoms. The predicted octanol–water partition coefficient (Wildman–Crippen LogP) is 3.14. The number of carbonyl (C=O) groups excluding carboxylic acids is 1. The molecule has 2 aromatic rings. The van der Waals surface area contributed by atoms with Crippen LogP contribution in [-0.2, 0) is 14.3 Å². The lowest BCUT2D eigenvalue weighted by Crippen LogP contribution is -2.42. The van der Waals surface area contributed by atoms with Gasteiger partial charge in [0.2, 0.25) is 11.5 Å². The average Bonchev–Trinajstić information content (AvgIpc) is 2.95. The van der Waals surface area contributed by atoms with Gasteiger partial charge >= 0.3 is 5.97 Å². The van der Waals surface area contributed by atoms with Crippen molar-refractivity contribution in [2.45, 2.75) is 18.6 Å². The molecule has 3 rings (SSSR count). The first kappa shape index (κ1) is 14.3. The Hall–Kier alpha value is -2.62. The second-order valence-electron chi connectivity index (χ2n) is 5.31. The van der Waals surface area contributed by atoms with E-state index in [1.807, 2.05) is 60.7 Å². The second-order valence-corrected chi connectivity index (χ2v) is 5.31. The van der Waals surface area contributed by atoms with Gasteiger partial charge in [-0.25, -0.2) is 9.79 Å². The van der Waals surface area contributed by atoms with Crippen molar-refractivity contribution in [3.05, 3.63) is 71.8 Å². The SMILES string of the molecule is COC(=O)[C@@]1(C)OC(c2ccccc2)=N[C@H]1c1ccccc1.